The van der Waals surface area contributed by atoms with Gasteiger partial charge in [0, 0.05) is 25.7 Å². The summed E-state index contributed by atoms with van der Waals surface area (Å²) in [4.78, 5) is 21.1. The summed E-state index contributed by atoms with van der Waals surface area (Å²) in [6.45, 7) is 2.15. The van der Waals surface area contributed by atoms with E-state index in [1.165, 1.54) is 4.57 Å². The Morgan fingerprint density at radius 1 is 1.15 bits per heavy atom. The van der Waals surface area contributed by atoms with Gasteiger partial charge in [-0.2, -0.15) is 18.2 Å². The van der Waals surface area contributed by atoms with E-state index in [-0.39, 0.29) is 29.8 Å². The first kappa shape index (κ1) is 22.5. The minimum atomic E-state index is -4.65. The molecule has 0 unspecified atom stereocenters. The Hall–Kier alpha value is -3.70. The Bertz CT molecular complexity index is 1220. The Morgan fingerprint density at radius 3 is 2.45 bits per heavy atom. The molecule has 0 saturated carbocycles. The zero-order valence-electron chi connectivity index (χ0n) is 17.4. The fourth-order valence-electron chi connectivity index (χ4n) is 3.30. The third-order valence-corrected chi connectivity index (χ3v) is 5.13. The fraction of sp³-hybridized carbons (Fsp3) is 0.286. The molecule has 1 aromatic carbocycles. The van der Waals surface area contributed by atoms with Crippen molar-refractivity contribution in [1.29, 1.82) is 0 Å². The maximum Gasteiger partial charge on any atom is 0.433 e. The Balaban J connectivity index is 1.48. The summed E-state index contributed by atoms with van der Waals surface area (Å²) in [5, 5.41) is 0. The number of rotatable bonds is 5. The van der Waals surface area contributed by atoms with Gasteiger partial charge in [-0.05, 0) is 36.8 Å². The summed E-state index contributed by atoms with van der Waals surface area (Å²) in [7, 11) is 1.82. The van der Waals surface area contributed by atoms with Crippen LogP contribution in [0, 0.1) is 11.6 Å². The van der Waals surface area contributed by atoms with E-state index in [0.29, 0.717) is 24.6 Å². The maximum atomic E-state index is 14.4. The number of pyridine rings is 1. The van der Waals surface area contributed by atoms with Gasteiger partial charge in [0.15, 0.2) is 17.4 Å². The van der Waals surface area contributed by atoms with Crippen LogP contribution in [0.1, 0.15) is 18.2 Å². The van der Waals surface area contributed by atoms with Gasteiger partial charge in [0.1, 0.15) is 23.9 Å². The predicted molar refractivity (Wildman–Crippen MR) is 106 cm³/mol. The molecule has 12 heteroatoms. The van der Waals surface area contributed by atoms with Crippen LogP contribution >= 0.6 is 0 Å². The van der Waals surface area contributed by atoms with Crippen LogP contribution in [0.3, 0.4) is 0 Å². The average Bonchev–Trinajstić information content (AvgIpc) is 3.03. The standard InChI is InChI=1S/C21H17F5N4O3/c1-11-9-30-18(29(11)2)7-17(28-20(30)31)32-10-12-5-14(22)19(15(23)6-12)33-13-3-4-16(27-8-13)21(24,25)26/h3-8,11H,9-10H2,1-2H3/t11-/m0/s1. The number of likely N-dealkylation sites (N-methyl/N-ethyl adjacent to an activating group) is 1. The van der Waals surface area contributed by atoms with Gasteiger partial charge in [-0.1, -0.05) is 0 Å². The largest absolute Gasteiger partial charge is 0.473 e. The predicted octanol–water partition coefficient (Wildman–Crippen LogP) is 4.14. The Kier molecular flexibility index (Phi) is 5.68. The normalized spacial score (nSPS) is 15.5. The monoisotopic (exact) mass is 468 g/mol. The molecule has 7 nitrogen and oxygen atoms in total. The topological polar surface area (TPSA) is 69.5 Å². The molecule has 1 aliphatic rings. The lowest BCUT2D eigenvalue weighted by molar-refractivity contribution is -0.141. The molecule has 0 amide bonds. The molecule has 0 aliphatic carbocycles. The molecule has 3 heterocycles. The van der Waals surface area contributed by atoms with E-state index >= 15 is 0 Å². The van der Waals surface area contributed by atoms with Crippen LogP contribution in [-0.2, 0) is 19.3 Å². The summed E-state index contributed by atoms with van der Waals surface area (Å²) < 4.78 is 78.6. The first-order valence-electron chi connectivity index (χ1n) is 9.69. The molecule has 0 radical (unpaired) electrons. The van der Waals surface area contributed by atoms with Crippen molar-refractivity contribution in [1.82, 2.24) is 14.5 Å². The number of alkyl halides is 3. The van der Waals surface area contributed by atoms with Gasteiger partial charge in [-0.15, -0.1) is 0 Å². The molecule has 174 valence electrons. The van der Waals surface area contributed by atoms with Crippen molar-refractivity contribution in [2.75, 3.05) is 11.9 Å². The van der Waals surface area contributed by atoms with Crippen LogP contribution < -0.4 is 20.1 Å². The third kappa shape index (κ3) is 4.59. The highest BCUT2D eigenvalue weighted by Gasteiger charge is 2.32. The molecule has 1 aliphatic heterocycles. The van der Waals surface area contributed by atoms with Crippen LogP contribution in [0.4, 0.5) is 27.8 Å². The maximum absolute atomic E-state index is 14.4. The highest BCUT2D eigenvalue weighted by molar-refractivity contribution is 5.45. The smallest absolute Gasteiger partial charge is 0.433 e. The summed E-state index contributed by atoms with van der Waals surface area (Å²) in [6.07, 6.45) is -3.93. The molecular weight excluding hydrogens is 451 g/mol. The second kappa shape index (κ2) is 8.34. The van der Waals surface area contributed by atoms with Crippen LogP contribution in [0.25, 0.3) is 0 Å². The van der Waals surface area contributed by atoms with Gasteiger partial charge in [-0.25, -0.2) is 18.6 Å². The number of benzene rings is 1. The van der Waals surface area contributed by atoms with E-state index in [2.05, 4.69) is 9.97 Å². The molecule has 33 heavy (non-hydrogen) atoms. The number of nitrogens with zero attached hydrogens (tertiary/aromatic N) is 4. The van der Waals surface area contributed by atoms with Crippen molar-refractivity contribution in [2.45, 2.75) is 32.3 Å². The van der Waals surface area contributed by atoms with Crippen LogP contribution in [0.5, 0.6) is 17.4 Å². The fourth-order valence-corrected chi connectivity index (χ4v) is 3.30. The molecule has 0 N–H and O–H groups in total. The highest BCUT2D eigenvalue weighted by Crippen LogP contribution is 2.32. The first-order valence-corrected chi connectivity index (χ1v) is 9.69. The van der Waals surface area contributed by atoms with E-state index in [1.54, 1.807) is 6.07 Å². The minimum Gasteiger partial charge on any atom is -0.473 e. The van der Waals surface area contributed by atoms with Crippen molar-refractivity contribution in [3.8, 4) is 17.4 Å². The zero-order valence-corrected chi connectivity index (χ0v) is 17.4. The lowest BCUT2D eigenvalue weighted by atomic mass is 10.2. The number of anilines is 1. The highest BCUT2D eigenvalue weighted by atomic mass is 19.4. The molecule has 0 fully saturated rings. The van der Waals surface area contributed by atoms with Gasteiger partial charge in [0.2, 0.25) is 5.88 Å². The summed E-state index contributed by atoms with van der Waals surface area (Å²) in [6, 6.07) is 5.10. The van der Waals surface area contributed by atoms with Gasteiger partial charge < -0.3 is 14.4 Å². The zero-order chi connectivity index (χ0) is 23.9. The number of fused-ring (bicyclic) bond motifs is 1. The van der Waals surface area contributed by atoms with E-state index in [4.69, 9.17) is 9.47 Å². The number of hydrogen-bond acceptors (Lipinski definition) is 6. The Labute approximate surface area is 184 Å². The van der Waals surface area contributed by atoms with E-state index in [0.717, 1.165) is 18.2 Å². The SMILES string of the molecule is C[C@H]1Cn2c(cc(OCc3cc(F)c(Oc4ccc(C(F)(F)F)nc4)c(F)c3)nc2=O)N1C. The van der Waals surface area contributed by atoms with Crippen molar-refractivity contribution < 1.29 is 31.4 Å². The minimum absolute atomic E-state index is 0.00386. The lowest BCUT2D eigenvalue weighted by Crippen LogP contribution is -2.23. The molecule has 0 saturated heterocycles. The molecule has 3 aromatic rings. The number of ether oxygens (including phenoxy) is 2. The molecular formula is C21H17F5N4O3. The number of hydrogen-bond donors (Lipinski definition) is 0. The third-order valence-electron chi connectivity index (χ3n) is 5.13. The van der Waals surface area contributed by atoms with Crippen molar-refractivity contribution in [3.05, 3.63) is 69.9 Å². The van der Waals surface area contributed by atoms with Gasteiger partial charge in [0.25, 0.3) is 0 Å². The van der Waals surface area contributed by atoms with E-state index < -0.39 is 34.9 Å². The second-order valence-corrected chi connectivity index (χ2v) is 7.46. The van der Waals surface area contributed by atoms with E-state index in [9.17, 15) is 26.7 Å². The molecule has 4 rings (SSSR count). The van der Waals surface area contributed by atoms with Crippen LogP contribution in [0.15, 0.2) is 41.3 Å². The molecule has 2 aromatic heterocycles. The van der Waals surface area contributed by atoms with Crippen molar-refractivity contribution in [3.63, 3.8) is 0 Å². The second-order valence-electron chi connectivity index (χ2n) is 7.46. The molecule has 1 atom stereocenters. The quantitative estimate of drug-likeness (QED) is 0.525. The number of aromatic nitrogens is 3. The van der Waals surface area contributed by atoms with Crippen LogP contribution in [0.2, 0.25) is 0 Å². The number of halogens is 5. The Morgan fingerprint density at radius 2 is 1.85 bits per heavy atom. The summed E-state index contributed by atoms with van der Waals surface area (Å²) >= 11 is 0. The van der Waals surface area contributed by atoms with E-state index in [1.807, 2.05) is 18.9 Å². The molecule has 0 bridgehead atoms. The van der Waals surface area contributed by atoms with Gasteiger partial charge in [0.05, 0.1) is 6.20 Å². The first-order chi connectivity index (χ1) is 15.5. The summed E-state index contributed by atoms with van der Waals surface area (Å²) in [5.74, 6) is -2.64. The van der Waals surface area contributed by atoms with Gasteiger partial charge in [-0.3, -0.25) is 4.57 Å². The lowest BCUT2D eigenvalue weighted by Gasteiger charge is -2.16. The average molecular weight is 468 g/mol. The van der Waals surface area contributed by atoms with Crippen molar-refractivity contribution >= 4 is 5.82 Å². The van der Waals surface area contributed by atoms with Crippen molar-refractivity contribution in [2.24, 2.45) is 0 Å². The summed E-state index contributed by atoms with van der Waals surface area (Å²) in [5.41, 5.74) is -1.57. The van der Waals surface area contributed by atoms with Crippen LogP contribution in [-0.4, -0.2) is 27.6 Å². The van der Waals surface area contributed by atoms with Gasteiger partial charge >= 0.3 is 11.9 Å². The molecule has 0 spiro atoms.